The molecule has 1 aromatic rings. The van der Waals surface area contributed by atoms with Gasteiger partial charge < -0.3 is 11.5 Å². The van der Waals surface area contributed by atoms with Crippen molar-refractivity contribution in [2.75, 3.05) is 5.75 Å². The smallest absolute Gasteiger partial charge is 0.248 e. The van der Waals surface area contributed by atoms with Gasteiger partial charge in [0.25, 0.3) is 0 Å². The normalized spacial score (nSPS) is 13.3. The Balaban J connectivity index is 2.79. The Morgan fingerprint density at radius 1 is 1.29 bits per heavy atom. The van der Waals surface area contributed by atoms with Crippen molar-refractivity contribution in [1.29, 1.82) is 0 Å². The highest BCUT2D eigenvalue weighted by Crippen LogP contribution is 2.09. The predicted octanol–water partition coefficient (Wildman–Crippen LogP) is 0.0475. The molecule has 1 atom stereocenters. The minimum atomic E-state index is -3.21. The number of primary amides is 1. The zero-order valence-electron chi connectivity index (χ0n) is 9.59. The Kier molecular flexibility index (Phi) is 4.25. The topological polar surface area (TPSA) is 103 Å². The Bertz CT molecular complexity index is 492. The monoisotopic (exact) mass is 256 g/mol. The van der Waals surface area contributed by atoms with Gasteiger partial charge in [-0.3, -0.25) is 4.79 Å². The molecule has 0 saturated heterocycles. The highest BCUT2D eigenvalue weighted by atomic mass is 32.2. The van der Waals surface area contributed by atoms with E-state index >= 15 is 0 Å². The van der Waals surface area contributed by atoms with Crippen LogP contribution in [0.3, 0.4) is 0 Å². The van der Waals surface area contributed by atoms with Crippen LogP contribution in [-0.2, 0) is 15.6 Å². The largest absolute Gasteiger partial charge is 0.366 e. The average Bonchev–Trinajstić information content (AvgIpc) is 2.15. The van der Waals surface area contributed by atoms with Gasteiger partial charge in [0.1, 0.15) is 0 Å². The maximum atomic E-state index is 11.7. The molecule has 0 spiro atoms. The summed E-state index contributed by atoms with van der Waals surface area (Å²) in [7, 11) is -3.21. The fourth-order valence-electron chi connectivity index (χ4n) is 1.48. The van der Waals surface area contributed by atoms with Crippen LogP contribution >= 0.6 is 0 Å². The molecule has 0 saturated carbocycles. The van der Waals surface area contributed by atoms with E-state index in [1.165, 1.54) is 12.1 Å². The summed E-state index contributed by atoms with van der Waals surface area (Å²) in [5.74, 6) is -0.659. The van der Waals surface area contributed by atoms with Crippen molar-refractivity contribution in [2.45, 2.75) is 18.7 Å². The molecule has 0 fully saturated rings. The third-order valence-corrected chi connectivity index (χ3v) is 3.95. The average molecular weight is 256 g/mol. The number of amides is 1. The van der Waals surface area contributed by atoms with Gasteiger partial charge in [-0.15, -0.1) is 0 Å². The number of hydrogen-bond donors (Lipinski definition) is 2. The van der Waals surface area contributed by atoms with Crippen molar-refractivity contribution < 1.29 is 13.2 Å². The van der Waals surface area contributed by atoms with E-state index in [0.717, 1.165) is 0 Å². The van der Waals surface area contributed by atoms with Crippen molar-refractivity contribution in [2.24, 2.45) is 11.5 Å². The van der Waals surface area contributed by atoms with Crippen molar-refractivity contribution >= 4 is 15.7 Å². The van der Waals surface area contributed by atoms with E-state index < -0.39 is 15.7 Å². The zero-order chi connectivity index (χ0) is 13.1. The second-order valence-corrected chi connectivity index (χ2v) is 6.20. The number of benzene rings is 1. The lowest BCUT2D eigenvalue weighted by molar-refractivity contribution is 0.100. The van der Waals surface area contributed by atoms with Crippen LogP contribution < -0.4 is 11.5 Å². The Morgan fingerprint density at radius 3 is 2.24 bits per heavy atom. The molecule has 94 valence electrons. The van der Waals surface area contributed by atoms with Crippen LogP contribution in [0.1, 0.15) is 22.8 Å². The van der Waals surface area contributed by atoms with E-state index in [2.05, 4.69) is 0 Å². The van der Waals surface area contributed by atoms with E-state index in [1.54, 1.807) is 19.1 Å². The molecule has 5 nitrogen and oxygen atoms in total. The van der Waals surface area contributed by atoms with E-state index in [1.807, 2.05) is 0 Å². The first kappa shape index (κ1) is 13.7. The summed E-state index contributed by atoms with van der Waals surface area (Å²) >= 11 is 0. The Morgan fingerprint density at radius 2 is 1.82 bits per heavy atom. The molecule has 6 heteroatoms. The summed E-state index contributed by atoms with van der Waals surface area (Å²) in [5, 5.41) is 0. The van der Waals surface area contributed by atoms with Gasteiger partial charge in [0.2, 0.25) is 5.91 Å². The van der Waals surface area contributed by atoms with Gasteiger partial charge in [-0.1, -0.05) is 12.1 Å². The molecule has 0 heterocycles. The first-order chi connectivity index (χ1) is 7.80. The lowest BCUT2D eigenvalue weighted by Gasteiger charge is -2.07. The summed E-state index contributed by atoms with van der Waals surface area (Å²) in [6.07, 6.45) is 0. The second kappa shape index (κ2) is 5.29. The van der Waals surface area contributed by atoms with Crippen LogP contribution in [-0.4, -0.2) is 26.1 Å². The van der Waals surface area contributed by atoms with Gasteiger partial charge in [0.05, 0.1) is 11.5 Å². The highest BCUT2D eigenvalue weighted by Gasteiger charge is 2.14. The number of sulfone groups is 1. The van der Waals surface area contributed by atoms with Gasteiger partial charge in [-0.05, 0) is 24.6 Å². The van der Waals surface area contributed by atoms with Gasteiger partial charge in [-0.25, -0.2) is 8.42 Å². The molecular formula is C11H16N2O3S. The van der Waals surface area contributed by atoms with Gasteiger partial charge in [0, 0.05) is 11.6 Å². The SMILES string of the molecule is CC(N)CS(=O)(=O)Cc1ccc(C(N)=O)cc1. The van der Waals surface area contributed by atoms with Gasteiger partial charge in [-0.2, -0.15) is 0 Å². The Hall–Kier alpha value is -1.40. The first-order valence-corrected chi connectivity index (χ1v) is 6.97. The molecule has 0 aliphatic rings. The summed E-state index contributed by atoms with van der Waals surface area (Å²) < 4.78 is 23.3. The molecule has 1 rings (SSSR count). The van der Waals surface area contributed by atoms with Crippen LogP contribution in [0.15, 0.2) is 24.3 Å². The van der Waals surface area contributed by atoms with Crippen molar-refractivity contribution in [1.82, 2.24) is 0 Å². The number of rotatable bonds is 5. The number of carbonyl (C=O) groups is 1. The van der Waals surface area contributed by atoms with E-state index in [0.29, 0.717) is 11.1 Å². The third-order valence-electron chi connectivity index (χ3n) is 2.14. The van der Waals surface area contributed by atoms with Crippen molar-refractivity contribution in [3.8, 4) is 0 Å². The van der Waals surface area contributed by atoms with E-state index in [9.17, 15) is 13.2 Å². The van der Waals surface area contributed by atoms with E-state index in [-0.39, 0.29) is 17.5 Å². The molecule has 0 radical (unpaired) electrons. The number of nitrogens with two attached hydrogens (primary N) is 2. The zero-order valence-corrected chi connectivity index (χ0v) is 10.4. The highest BCUT2D eigenvalue weighted by molar-refractivity contribution is 7.90. The van der Waals surface area contributed by atoms with Crippen LogP contribution in [0.2, 0.25) is 0 Å². The molecule has 0 aliphatic heterocycles. The summed E-state index contributed by atoms with van der Waals surface area (Å²) in [6.45, 7) is 1.65. The lowest BCUT2D eigenvalue weighted by atomic mass is 10.1. The molecular weight excluding hydrogens is 240 g/mol. The summed E-state index contributed by atoms with van der Waals surface area (Å²) in [5.41, 5.74) is 11.5. The van der Waals surface area contributed by atoms with Crippen LogP contribution in [0.5, 0.6) is 0 Å². The lowest BCUT2D eigenvalue weighted by Crippen LogP contribution is -2.27. The Labute approximate surface area is 101 Å². The quantitative estimate of drug-likeness (QED) is 0.776. The molecule has 17 heavy (non-hydrogen) atoms. The summed E-state index contributed by atoms with van der Waals surface area (Å²) in [6, 6.07) is 5.81. The van der Waals surface area contributed by atoms with Gasteiger partial charge in [0.15, 0.2) is 9.84 Å². The fraction of sp³-hybridized carbons (Fsp3) is 0.364. The first-order valence-electron chi connectivity index (χ1n) is 5.15. The predicted molar refractivity (Wildman–Crippen MR) is 66.1 cm³/mol. The second-order valence-electron chi connectivity index (χ2n) is 4.09. The minimum absolute atomic E-state index is 0.0510. The number of carbonyl (C=O) groups excluding carboxylic acids is 1. The molecule has 1 unspecified atom stereocenters. The van der Waals surface area contributed by atoms with E-state index in [4.69, 9.17) is 11.5 Å². The fourth-order valence-corrected chi connectivity index (χ4v) is 3.10. The molecule has 0 aliphatic carbocycles. The van der Waals surface area contributed by atoms with Crippen LogP contribution in [0, 0.1) is 0 Å². The van der Waals surface area contributed by atoms with Crippen LogP contribution in [0.4, 0.5) is 0 Å². The molecule has 1 aromatic carbocycles. The molecule has 1 amide bonds. The minimum Gasteiger partial charge on any atom is -0.366 e. The van der Waals surface area contributed by atoms with Crippen LogP contribution in [0.25, 0.3) is 0 Å². The number of hydrogen-bond acceptors (Lipinski definition) is 4. The van der Waals surface area contributed by atoms with Crippen molar-refractivity contribution in [3.63, 3.8) is 0 Å². The summed E-state index contributed by atoms with van der Waals surface area (Å²) in [4.78, 5) is 10.8. The molecule has 0 aromatic heterocycles. The molecule has 0 bridgehead atoms. The standard InChI is InChI=1S/C11H16N2O3S/c1-8(12)6-17(15,16)7-9-2-4-10(5-3-9)11(13)14/h2-5,8H,6-7,12H2,1H3,(H2,13,14). The third kappa shape index (κ3) is 4.54. The maximum absolute atomic E-state index is 11.7. The van der Waals surface area contributed by atoms with Gasteiger partial charge >= 0.3 is 0 Å². The molecule has 4 N–H and O–H groups in total. The van der Waals surface area contributed by atoms with Crippen molar-refractivity contribution in [3.05, 3.63) is 35.4 Å². The maximum Gasteiger partial charge on any atom is 0.248 e.